The molecule has 0 bridgehead atoms. The highest BCUT2D eigenvalue weighted by molar-refractivity contribution is 5.49. The van der Waals surface area contributed by atoms with Crippen LogP contribution in [0.1, 0.15) is 13.8 Å². The molecule has 0 unspecified atom stereocenters. The van der Waals surface area contributed by atoms with Gasteiger partial charge in [-0.3, -0.25) is 4.99 Å². The van der Waals surface area contributed by atoms with Crippen LogP contribution in [0, 0.1) is 0 Å². The third-order valence-electron chi connectivity index (χ3n) is 1.40. The maximum absolute atomic E-state index is 4.87. The second kappa shape index (κ2) is 4.09. The van der Waals surface area contributed by atoms with Gasteiger partial charge in [-0.2, -0.15) is 0 Å². The number of hydrogen-bond donors (Lipinski definition) is 0. The highest BCUT2D eigenvalue weighted by Crippen LogP contribution is 2.11. The van der Waals surface area contributed by atoms with E-state index in [0.717, 1.165) is 19.8 Å². The zero-order chi connectivity index (χ0) is 8.86. The fraction of sp³-hybridized carbons (Fsp3) is 0.750. The first kappa shape index (κ1) is 9.03. The molecule has 0 atom stereocenters. The maximum Gasteiger partial charge on any atom is 0.170 e. The van der Waals surface area contributed by atoms with Crippen LogP contribution in [0.2, 0.25) is 0 Å². The molecule has 0 aromatic rings. The summed E-state index contributed by atoms with van der Waals surface area (Å²) in [5.74, 6) is 0. The van der Waals surface area contributed by atoms with Crippen LogP contribution in [0.15, 0.2) is 9.98 Å². The summed E-state index contributed by atoms with van der Waals surface area (Å²) < 4.78 is 9.52. The van der Waals surface area contributed by atoms with Crippen molar-refractivity contribution in [1.82, 2.24) is 0 Å². The van der Waals surface area contributed by atoms with Gasteiger partial charge in [0.25, 0.3) is 0 Å². The van der Waals surface area contributed by atoms with Crippen LogP contribution in [-0.2, 0) is 9.47 Å². The number of hydrogen-bond acceptors (Lipinski definition) is 4. The average Bonchev–Trinajstić information content (AvgIpc) is 2.60. The lowest BCUT2D eigenvalue weighted by molar-refractivity contribution is 0.287. The van der Waals surface area contributed by atoms with Crippen LogP contribution in [0.3, 0.4) is 0 Å². The number of nitrogens with zero attached hydrogens (tertiary/aromatic N) is 2. The Balaban J connectivity index is 0.000000127. The van der Waals surface area contributed by atoms with Crippen molar-refractivity contribution >= 4 is 12.8 Å². The van der Waals surface area contributed by atoms with E-state index in [9.17, 15) is 0 Å². The van der Waals surface area contributed by atoms with E-state index in [1.165, 1.54) is 12.8 Å². The van der Waals surface area contributed by atoms with Gasteiger partial charge in [0.1, 0.15) is 13.2 Å². The van der Waals surface area contributed by atoms with E-state index in [0.29, 0.717) is 0 Å². The molecule has 0 saturated heterocycles. The Morgan fingerprint density at radius 1 is 1.25 bits per heavy atom. The molecule has 68 valence electrons. The Morgan fingerprint density at radius 2 is 2.08 bits per heavy atom. The fourth-order valence-electron chi connectivity index (χ4n) is 0.722. The number of aliphatic imine (C=N–C) groups is 2. The zero-order valence-electron chi connectivity index (χ0n) is 7.49. The van der Waals surface area contributed by atoms with Crippen molar-refractivity contribution in [3.05, 3.63) is 0 Å². The van der Waals surface area contributed by atoms with E-state index in [4.69, 9.17) is 4.74 Å². The molecule has 2 aliphatic rings. The number of rotatable bonds is 0. The first-order valence-corrected chi connectivity index (χ1v) is 3.96. The van der Waals surface area contributed by atoms with Gasteiger partial charge in [-0.05, 0) is 13.8 Å². The van der Waals surface area contributed by atoms with Gasteiger partial charge in [-0.15, -0.1) is 0 Å². The minimum atomic E-state index is 0.0417. The molecular formula is C8H14N2O2. The van der Waals surface area contributed by atoms with Gasteiger partial charge in [0.05, 0.1) is 12.1 Å². The summed E-state index contributed by atoms with van der Waals surface area (Å²) in [4.78, 5) is 7.76. The molecule has 2 heterocycles. The van der Waals surface area contributed by atoms with Gasteiger partial charge in [0, 0.05) is 0 Å². The highest BCUT2D eigenvalue weighted by Gasteiger charge is 2.19. The molecule has 0 N–H and O–H groups in total. The van der Waals surface area contributed by atoms with Crippen molar-refractivity contribution in [2.75, 3.05) is 19.8 Å². The second-order valence-corrected chi connectivity index (χ2v) is 3.24. The Morgan fingerprint density at radius 3 is 2.25 bits per heavy atom. The molecule has 0 aliphatic carbocycles. The van der Waals surface area contributed by atoms with Gasteiger partial charge in [-0.1, -0.05) is 0 Å². The average molecular weight is 170 g/mol. The summed E-state index contributed by atoms with van der Waals surface area (Å²) in [5.41, 5.74) is 0.0417. The summed E-state index contributed by atoms with van der Waals surface area (Å²) in [6, 6.07) is 0. The van der Waals surface area contributed by atoms with Crippen LogP contribution < -0.4 is 0 Å². The van der Waals surface area contributed by atoms with Crippen molar-refractivity contribution in [3.63, 3.8) is 0 Å². The molecule has 0 aromatic carbocycles. The van der Waals surface area contributed by atoms with Crippen molar-refractivity contribution in [2.24, 2.45) is 9.98 Å². The predicted octanol–water partition coefficient (Wildman–Crippen LogP) is 0.868. The monoisotopic (exact) mass is 170 g/mol. The van der Waals surface area contributed by atoms with Crippen molar-refractivity contribution in [3.8, 4) is 0 Å². The minimum Gasteiger partial charge on any atom is -0.482 e. The van der Waals surface area contributed by atoms with Gasteiger partial charge in [0.2, 0.25) is 0 Å². The van der Waals surface area contributed by atoms with E-state index in [-0.39, 0.29) is 5.54 Å². The van der Waals surface area contributed by atoms with Crippen molar-refractivity contribution < 1.29 is 9.47 Å². The summed E-state index contributed by atoms with van der Waals surface area (Å²) >= 11 is 0. The van der Waals surface area contributed by atoms with E-state index in [2.05, 4.69) is 14.7 Å². The Bertz CT molecular complexity index is 181. The zero-order valence-corrected chi connectivity index (χ0v) is 7.49. The Kier molecular flexibility index (Phi) is 3.08. The Labute approximate surface area is 72.3 Å². The maximum atomic E-state index is 4.87. The summed E-state index contributed by atoms with van der Waals surface area (Å²) in [5, 5.41) is 0. The normalized spacial score (nSPS) is 22.5. The van der Waals surface area contributed by atoms with E-state index in [1.807, 2.05) is 13.8 Å². The molecule has 0 radical (unpaired) electrons. The summed E-state index contributed by atoms with van der Waals surface area (Å²) in [7, 11) is 0. The molecule has 12 heavy (non-hydrogen) atoms. The van der Waals surface area contributed by atoms with E-state index < -0.39 is 0 Å². The Hall–Kier alpha value is -1.06. The second-order valence-electron chi connectivity index (χ2n) is 3.24. The highest BCUT2D eigenvalue weighted by atomic mass is 16.5. The SMILES string of the molecule is C1=NCCO1.CC1(C)COC=N1. The lowest BCUT2D eigenvalue weighted by Gasteiger charge is -2.07. The van der Waals surface area contributed by atoms with Crippen LogP contribution in [0.4, 0.5) is 0 Å². The first-order valence-electron chi connectivity index (χ1n) is 3.96. The minimum absolute atomic E-state index is 0.0417. The molecule has 0 amide bonds. The lowest BCUT2D eigenvalue weighted by Crippen LogP contribution is -2.17. The van der Waals surface area contributed by atoms with Crippen LogP contribution >= 0.6 is 0 Å². The smallest absolute Gasteiger partial charge is 0.170 e. The largest absolute Gasteiger partial charge is 0.482 e. The summed E-state index contributed by atoms with van der Waals surface area (Å²) in [6.07, 6.45) is 3.00. The molecule has 0 fully saturated rings. The van der Waals surface area contributed by atoms with Crippen molar-refractivity contribution in [1.29, 1.82) is 0 Å². The standard InChI is InChI=1S/C5H9NO.C3H5NO/c1-5(2)3-7-4-6-5;1-2-5-3-4-1/h4H,3H2,1-2H3;3H,1-2H2. The van der Waals surface area contributed by atoms with Crippen LogP contribution in [0.5, 0.6) is 0 Å². The lowest BCUT2D eigenvalue weighted by atomic mass is 10.1. The third kappa shape index (κ3) is 3.37. The van der Waals surface area contributed by atoms with E-state index >= 15 is 0 Å². The van der Waals surface area contributed by atoms with Crippen LogP contribution in [-0.4, -0.2) is 38.1 Å². The fourth-order valence-corrected chi connectivity index (χ4v) is 0.722. The van der Waals surface area contributed by atoms with Crippen LogP contribution in [0.25, 0.3) is 0 Å². The topological polar surface area (TPSA) is 43.2 Å². The van der Waals surface area contributed by atoms with Gasteiger partial charge in [0.15, 0.2) is 12.8 Å². The molecule has 4 heteroatoms. The molecule has 2 rings (SSSR count). The molecule has 2 aliphatic heterocycles. The first-order chi connectivity index (χ1) is 5.71. The third-order valence-corrected chi connectivity index (χ3v) is 1.40. The molecule has 0 aromatic heterocycles. The van der Waals surface area contributed by atoms with Gasteiger partial charge in [-0.25, -0.2) is 4.99 Å². The summed E-state index contributed by atoms with van der Waals surface area (Å²) in [6.45, 7) is 6.43. The van der Waals surface area contributed by atoms with E-state index in [1.54, 1.807) is 0 Å². The predicted molar refractivity (Wildman–Crippen MR) is 47.8 cm³/mol. The van der Waals surface area contributed by atoms with Gasteiger partial charge < -0.3 is 9.47 Å². The molecule has 0 saturated carbocycles. The molecule has 0 spiro atoms. The number of ether oxygens (including phenoxy) is 2. The molecule has 4 nitrogen and oxygen atoms in total. The van der Waals surface area contributed by atoms with Crippen molar-refractivity contribution in [2.45, 2.75) is 19.4 Å². The quantitative estimate of drug-likeness (QED) is 0.541. The van der Waals surface area contributed by atoms with Gasteiger partial charge >= 0.3 is 0 Å². The molecular weight excluding hydrogens is 156 g/mol.